The molecule has 0 aliphatic heterocycles. The lowest BCUT2D eigenvalue weighted by Gasteiger charge is -2.33. The zero-order valence-corrected chi connectivity index (χ0v) is 22.9. The summed E-state index contributed by atoms with van der Waals surface area (Å²) in [6.07, 6.45) is 23.0. The molecule has 0 heterocycles. The second kappa shape index (κ2) is 25.7. The molecule has 0 aromatic heterocycles. The predicted octanol–water partition coefficient (Wildman–Crippen LogP) is 8.26. The first-order chi connectivity index (χ1) is 15.7. The molecule has 0 fully saturated rings. The summed E-state index contributed by atoms with van der Waals surface area (Å²) in [6, 6.07) is 0. The Hall–Kier alpha value is 0.0569. The van der Waals surface area contributed by atoms with Crippen LogP contribution in [-0.2, 0) is 18.6 Å². The van der Waals surface area contributed by atoms with Crippen molar-refractivity contribution in [2.24, 2.45) is 0 Å². The van der Waals surface area contributed by atoms with E-state index in [9.17, 15) is 0 Å². The van der Waals surface area contributed by atoms with Gasteiger partial charge in [-0.1, -0.05) is 117 Å². The highest BCUT2D eigenvalue weighted by Crippen LogP contribution is 2.23. The third-order valence-corrected chi connectivity index (χ3v) is 6.17. The molecule has 0 N–H and O–H groups in total. The van der Waals surface area contributed by atoms with E-state index in [0.29, 0.717) is 32.8 Å². The Bertz CT molecular complexity index is 309. The fourth-order valence-corrected chi connectivity index (χ4v) is 3.95. The van der Waals surface area contributed by atoms with Crippen LogP contribution in [-0.4, -0.2) is 42.9 Å². The zero-order valence-electron chi connectivity index (χ0n) is 21.9. The molecule has 0 spiro atoms. The standard InChI is InChI=1S/C27H55O4Si/c1-4-7-10-13-16-19-23-28-27(22-26-31-32,29-24-20-17-14-11-8-5-2)30-25-21-18-15-12-9-6-3/h4-26H2,1-3H3. The minimum Gasteiger partial charge on any atom is -0.418 e. The summed E-state index contributed by atoms with van der Waals surface area (Å²) in [5.74, 6) is -0.969. The van der Waals surface area contributed by atoms with E-state index < -0.39 is 5.97 Å². The summed E-state index contributed by atoms with van der Waals surface area (Å²) in [5, 5.41) is 0. The average Bonchev–Trinajstić information content (AvgIpc) is 2.81. The van der Waals surface area contributed by atoms with Crippen LogP contribution in [0.2, 0.25) is 0 Å². The molecule has 0 rings (SSSR count). The normalized spacial score (nSPS) is 12.0. The Kier molecular flexibility index (Phi) is 25.7. The Morgan fingerprint density at radius 1 is 0.438 bits per heavy atom. The monoisotopic (exact) mass is 471 g/mol. The highest BCUT2D eigenvalue weighted by molar-refractivity contribution is 5.97. The van der Waals surface area contributed by atoms with Gasteiger partial charge >= 0.3 is 0 Å². The molecule has 0 aromatic carbocycles. The van der Waals surface area contributed by atoms with Crippen molar-refractivity contribution in [3.05, 3.63) is 0 Å². The molecule has 5 heteroatoms. The maximum atomic E-state index is 6.28. The molecule has 0 atom stereocenters. The molecule has 0 unspecified atom stereocenters. The van der Waals surface area contributed by atoms with Crippen molar-refractivity contribution in [3.8, 4) is 0 Å². The van der Waals surface area contributed by atoms with Gasteiger partial charge < -0.3 is 18.6 Å². The second-order valence-electron chi connectivity index (χ2n) is 9.13. The summed E-state index contributed by atoms with van der Waals surface area (Å²) in [5.41, 5.74) is 0. The highest BCUT2D eigenvalue weighted by atomic mass is 28.2. The molecule has 191 valence electrons. The first-order valence-electron chi connectivity index (χ1n) is 13.9. The summed E-state index contributed by atoms with van der Waals surface area (Å²) >= 11 is 0. The summed E-state index contributed by atoms with van der Waals surface area (Å²) in [4.78, 5) is 0. The van der Waals surface area contributed by atoms with Crippen molar-refractivity contribution in [1.29, 1.82) is 0 Å². The van der Waals surface area contributed by atoms with Crippen LogP contribution >= 0.6 is 0 Å². The molecule has 0 amide bonds. The van der Waals surface area contributed by atoms with Crippen molar-refractivity contribution < 1.29 is 18.6 Å². The lowest BCUT2D eigenvalue weighted by molar-refractivity contribution is -0.385. The van der Waals surface area contributed by atoms with Gasteiger partial charge in [-0.15, -0.1) is 0 Å². The summed E-state index contributed by atoms with van der Waals surface area (Å²) in [6.45, 7) is 9.31. The van der Waals surface area contributed by atoms with Crippen molar-refractivity contribution in [1.82, 2.24) is 0 Å². The molecule has 0 aromatic rings. The number of hydrogen-bond donors (Lipinski definition) is 0. The third kappa shape index (κ3) is 20.6. The van der Waals surface area contributed by atoms with E-state index in [1.807, 2.05) is 0 Å². The van der Waals surface area contributed by atoms with E-state index in [4.69, 9.17) is 18.6 Å². The Morgan fingerprint density at radius 2 is 0.750 bits per heavy atom. The van der Waals surface area contributed by atoms with Gasteiger partial charge in [0.1, 0.15) is 0 Å². The number of hydrogen-bond acceptors (Lipinski definition) is 4. The van der Waals surface area contributed by atoms with Crippen LogP contribution in [0.4, 0.5) is 0 Å². The van der Waals surface area contributed by atoms with Gasteiger partial charge in [0.25, 0.3) is 5.97 Å². The van der Waals surface area contributed by atoms with Crippen molar-refractivity contribution in [2.75, 3.05) is 26.4 Å². The predicted molar refractivity (Wildman–Crippen MR) is 137 cm³/mol. The van der Waals surface area contributed by atoms with Crippen LogP contribution in [0.5, 0.6) is 0 Å². The Labute approximate surface area is 204 Å². The van der Waals surface area contributed by atoms with Gasteiger partial charge in [0.05, 0.1) is 26.2 Å². The van der Waals surface area contributed by atoms with Gasteiger partial charge in [-0.3, -0.25) is 0 Å². The summed E-state index contributed by atoms with van der Waals surface area (Å²) in [7, 11) is 3.14. The van der Waals surface area contributed by atoms with Gasteiger partial charge in [0.15, 0.2) is 0 Å². The number of ether oxygens (including phenoxy) is 3. The molecule has 4 nitrogen and oxygen atoms in total. The minimum absolute atomic E-state index is 0.500. The van der Waals surface area contributed by atoms with E-state index in [1.165, 1.54) is 96.3 Å². The third-order valence-electron chi connectivity index (χ3n) is 5.97. The zero-order chi connectivity index (χ0) is 23.6. The maximum Gasteiger partial charge on any atom is 0.285 e. The summed E-state index contributed by atoms with van der Waals surface area (Å²) < 4.78 is 24.0. The molecule has 0 aliphatic rings. The lowest BCUT2D eigenvalue weighted by atomic mass is 10.1. The smallest absolute Gasteiger partial charge is 0.285 e. The molecule has 0 bridgehead atoms. The van der Waals surface area contributed by atoms with Gasteiger partial charge in [-0.2, -0.15) is 0 Å². The van der Waals surface area contributed by atoms with Crippen LogP contribution < -0.4 is 0 Å². The van der Waals surface area contributed by atoms with Gasteiger partial charge in [-0.05, 0) is 19.3 Å². The lowest BCUT2D eigenvalue weighted by Crippen LogP contribution is -2.41. The van der Waals surface area contributed by atoms with Gasteiger partial charge in [0, 0.05) is 6.61 Å². The molecular formula is C27H55O4Si. The van der Waals surface area contributed by atoms with Crippen LogP contribution in [0.25, 0.3) is 0 Å². The van der Waals surface area contributed by atoms with E-state index in [0.717, 1.165) is 19.3 Å². The molecule has 3 radical (unpaired) electrons. The molecule has 0 saturated carbocycles. The van der Waals surface area contributed by atoms with Gasteiger partial charge in [-0.25, -0.2) is 0 Å². The van der Waals surface area contributed by atoms with Crippen LogP contribution in [0.15, 0.2) is 0 Å². The first-order valence-corrected chi connectivity index (χ1v) is 14.4. The fourth-order valence-electron chi connectivity index (χ4n) is 3.85. The largest absolute Gasteiger partial charge is 0.418 e. The van der Waals surface area contributed by atoms with E-state index >= 15 is 0 Å². The van der Waals surface area contributed by atoms with Gasteiger partial charge in [0.2, 0.25) is 10.5 Å². The van der Waals surface area contributed by atoms with Crippen LogP contribution in [0, 0.1) is 0 Å². The van der Waals surface area contributed by atoms with E-state index in [2.05, 4.69) is 31.3 Å². The number of rotatable bonds is 27. The first kappa shape index (κ1) is 32.1. The minimum atomic E-state index is -0.969. The fraction of sp³-hybridized carbons (Fsp3) is 1.00. The SMILES string of the molecule is CCCCCCCCOC(CCO[Si])(OCCCCCCCC)OCCCCCCCC. The number of unbranched alkanes of at least 4 members (excludes halogenated alkanes) is 15. The van der Waals surface area contributed by atoms with Crippen LogP contribution in [0.3, 0.4) is 0 Å². The Balaban J connectivity index is 4.51. The van der Waals surface area contributed by atoms with Crippen LogP contribution in [0.1, 0.15) is 143 Å². The topological polar surface area (TPSA) is 36.9 Å². The van der Waals surface area contributed by atoms with Crippen molar-refractivity contribution >= 4 is 10.5 Å². The average molecular weight is 472 g/mol. The van der Waals surface area contributed by atoms with Crippen molar-refractivity contribution in [2.45, 2.75) is 149 Å². The highest BCUT2D eigenvalue weighted by Gasteiger charge is 2.33. The molecular weight excluding hydrogens is 416 g/mol. The van der Waals surface area contributed by atoms with Crippen molar-refractivity contribution in [3.63, 3.8) is 0 Å². The molecule has 0 aliphatic carbocycles. The molecule has 0 saturated heterocycles. The maximum absolute atomic E-state index is 6.28. The van der Waals surface area contributed by atoms with E-state index in [-0.39, 0.29) is 0 Å². The molecule has 32 heavy (non-hydrogen) atoms. The quantitative estimate of drug-likeness (QED) is 0.0686. The Morgan fingerprint density at radius 3 is 1.06 bits per heavy atom. The second-order valence-corrected chi connectivity index (χ2v) is 9.42. The van der Waals surface area contributed by atoms with E-state index in [1.54, 1.807) is 0 Å².